The van der Waals surface area contributed by atoms with Crippen LogP contribution in [0.1, 0.15) is 72.0 Å². The lowest BCUT2D eigenvalue weighted by molar-refractivity contribution is -0.132. The molecule has 0 spiro atoms. The van der Waals surface area contributed by atoms with Crippen molar-refractivity contribution in [3.8, 4) is 5.75 Å². The van der Waals surface area contributed by atoms with Crippen LogP contribution in [0.4, 0.5) is 0 Å². The molecule has 5 rings (SSSR count). The topological polar surface area (TPSA) is 159 Å². The summed E-state index contributed by atoms with van der Waals surface area (Å²) in [7, 11) is 1.56. The van der Waals surface area contributed by atoms with Crippen LogP contribution in [-0.4, -0.2) is 77.7 Å². The molecule has 0 saturated carbocycles. The molecule has 2 aliphatic heterocycles. The molecule has 2 aromatic carbocycles. The third kappa shape index (κ3) is 10.4. The first-order valence-corrected chi connectivity index (χ1v) is 16.7. The van der Waals surface area contributed by atoms with Crippen molar-refractivity contribution in [3.63, 3.8) is 0 Å². The number of nitrogens with zero attached hydrogens (tertiary/aromatic N) is 2. The van der Waals surface area contributed by atoms with E-state index in [0.29, 0.717) is 55.9 Å². The number of rotatable bonds is 6. The van der Waals surface area contributed by atoms with E-state index in [4.69, 9.17) is 4.74 Å². The Morgan fingerprint density at radius 2 is 1.65 bits per heavy atom. The Bertz CT molecular complexity index is 1580. The summed E-state index contributed by atoms with van der Waals surface area (Å²) in [6, 6.07) is 16.3. The molecule has 1 unspecified atom stereocenters. The van der Waals surface area contributed by atoms with Crippen LogP contribution < -0.4 is 26.0 Å². The molecule has 4 atom stereocenters. The molecule has 1 aromatic heterocycles. The molecule has 4 N–H and O–H groups in total. The average molecular weight is 671 g/mol. The predicted molar refractivity (Wildman–Crippen MR) is 185 cm³/mol. The Balaban J connectivity index is 1.61. The summed E-state index contributed by atoms with van der Waals surface area (Å²) in [6.07, 6.45) is 3.49. The second-order valence-electron chi connectivity index (χ2n) is 12.3. The largest absolute Gasteiger partial charge is 0.497 e. The normalized spacial score (nSPS) is 20.6. The number of fused-ring (bicyclic) bond motifs is 18. The van der Waals surface area contributed by atoms with E-state index in [-0.39, 0.29) is 24.2 Å². The van der Waals surface area contributed by atoms with E-state index in [0.717, 1.165) is 11.1 Å². The summed E-state index contributed by atoms with van der Waals surface area (Å²) in [5.41, 5.74) is 2.26. The van der Waals surface area contributed by atoms with E-state index < -0.39 is 35.8 Å². The number of amides is 5. The molecule has 5 amide bonds. The number of benzene rings is 2. The van der Waals surface area contributed by atoms with Gasteiger partial charge in [-0.25, -0.2) is 0 Å². The quantitative estimate of drug-likeness (QED) is 0.294. The maximum absolute atomic E-state index is 13.8. The molecule has 0 saturated heterocycles. The van der Waals surface area contributed by atoms with Gasteiger partial charge in [0.15, 0.2) is 0 Å². The first kappa shape index (κ1) is 36.6. The van der Waals surface area contributed by atoms with Crippen molar-refractivity contribution < 1.29 is 28.7 Å². The Morgan fingerprint density at radius 3 is 2.31 bits per heavy atom. The van der Waals surface area contributed by atoms with Gasteiger partial charge in [-0.2, -0.15) is 0 Å². The van der Waals surface area contributed by atoms with Gasteiger partial charge in [0.25, 0.3) is 11.8 Å². The van der Waals surface area contributed by atoms with Crippen molar-refractivity contribution in [1.29, 1.82) is 0 Å². The third-order valence-corrected chi connectivity index (χ3v) is 8.68. The number of methoxy groups -OCH3 is 1. The first-order chi connectivity index (χ1) is 23.6. The Morgan fingerprint density at radius 1 is 0.918 bits per heavy atom. The molecule has 3 aromatic rings. The number of hydrogen-bond donors (Lipinski definition) is 4. The molecule has 2 aliphatic rings. The van der Waals surface area contributed by atoms with E-state index >= 15 is 0 Å². The van der Waals surface area contributed by atoms with Crippen LogP contribution in [0, 0.1) is 5.92 Å². The lowest BCUT2D eigenvalue weighted by Gasteiger charge is -2.27. The Kier molecular flexibility index (Phi) is 13.3. The lowest BCUT2D eigenvalue weighted by Crippen LogP contribution is -2.58. The SMILES string of the molecule is CC[C@H](C)C1NC(=O)c2ccc(cc2)CN(C(=O)c2ccccn2)CCCCNC(=O)[C@@H](C)NC(=O)[C@H](Cc2ccc(OC)cc2)NC1=O. The van der Waals surface area contributed by atoms with Crippen LogP contribution in [0.25, 0.3) is 0 Å². The monoisotopic (exact) mass is 670 g/mol. The van der Waals surface area contributed by atoms with Crippen LogP contribution in [-0.2, 0) is 27.3 Å². The van der Waals surface area contributed by atoms with E-state index in [2.05, 4.69) is 26.3 Å². The number of aromatic nitrogens is 1. The van der Waals surface area contributed by atoms with Gasteiger partial charge in [0.1, 0.15) is 29.6 Å². The standard InChI is InChI=1S/C37H46N6O6/c1-5-24(2)32-36(47)41-31(22-26-13-17-29(49-4)18-14-26)35(46)40-25(3)33(44)39-20-8-9-21-43(37(48)30-10-6-7-19-38-30)23-27-11-15-28(16-12-27)34(45)42-32/h6-7,10-19,24-25,31-32H,5,8-9,20-23H2,1-4H3,(H,39,44)(H,40,46)(H,41,47)(H,42,45)/t24-,25+,31-,32?/m0/s1. The van der Waals surface area contributed by atoms with Crippen LogP contribution >= 0.6 is 0 Å². The van der Waals surface area contributed by atoms with Gasteiger partial charge >= 0.3 is 0 Å². The van der Waals surface area contributed by atoms with Gasteiger partial charge in [-0.15, -0.1) is 0 Å². The number of carbonyl (C=O) groups is 5. The molecule has 12 nitrogen and oxygen atoms in total. The number of ether oxygens (including phenoxy) is 1. The number of nitrogens with one attached hydrogen (secondary N) is 4. The second kappa shape index (κ2) is 17.8. The highest BCUT2D eigenvalue weighted by molar-refractivity contribution is 5.99. The molecule has 49 heavy (non-hydrogen) atoms. The molecule has 12 heteroatoms. The van der Waals surface area contributed by atoms with E-state index in [9.17, 15) is 24.0 Å². The van der Waals surface area contributed by atoms with E-state index in [1.807, 2.05) is 13.8 Å². The molecule has 2 bridgehead atoms. The fourth-order valence-corrected chi connectivity index (χ4v) is 5.45. The van der Waals surface area contributed by atoms with Gasteiger partial charge in [0.2, 0.25) is 17.7 Å². The molecule has 3 heterocycles. The minimum absolute atomic E-state index is 0.145. The van der Waals surface area contributed by atoms with Crippen LogP contribution in [0.3, 0.4) is 0 Å². The summed E-state index contributed by atoms with van der Waals surface area (Å²) < 4.78 is 5.25. The molecule has 0 fully saturated rings. The zero-order valence-corrected chi connectivity index (χ0v) is 28.5. The molecular weight excluding hydrogens is 624 g/mol. The lowest BCUT2D eigenvalue weighted by atomic mass is 9.96. The van der Waals surface area contributed by atoms with Gasteiger partial charge in [0, 0.05) is 37.8 Å². The van der Waals surface area contributed by atoms with Crippen LogP contribution in [0.5, 0.6) is 5.75 Å². The molecule has 0 radical (unpaired) electrons. The average Bonchev–Trinajstić information content (AvgIpc) is 3.12. The second-order valence-corrected chi connectivity index (χ2v) is 12.3. The Hall–Kier alpha value is -5.26. The number of hydrogen-bond acceptors (Lipinski definition) is 7. The van der Waals surface area contributed by atoms with Crippen molar-refractivity contribution in [2.75, 3.05) is 20.2 Å². The molecular formula is C37H46N6O6. The highest BCUT2D eigenvalue weighted by Crippen LogP contribution is 2.16. The van der Waals surface area contributed by atoms with Crippen LogP contribution in [0.15, 0.2) is 72.9 Å². The fraction of sp³-hybridized carbons (Fsp3) is 0.405. The molecule has 260 valence electrons. The highest BCUT2D eigenvalue weighted by Gasteiger charge is 2.31. The summed E-state index contributed by atoms with van der Waals surface area (Å²) >= 11 is 0. The van der Waals surface area contributed by atoms with Gasteiger partial charge < -0.3 is 30.9 Å². The van der Waals surface area contributed by atoms with Crippen molar-refractivity contribution in [3.05, 3.63) is 95.3 Å². The van der Waals surface area contributed by atoms with Crippen molar-refractivity contribution in [2.24, 2.45) is 5.92 Å². The third-order valence-electron chi connectivity index (χ3n) is 8.68. The maximum Gasteiger partial charge on any atom is 0.272 e. The number of carbonyl (C=O) groups excluding carboxylic acids is 5. The van der Waals surface area contributed by atoms with Crippen molar-refractivity contribution in [2.45, 2.75) is 71.1 Å². The first-order valence-electron chi connectivity index (χ1n) is 16.7. The predicted octanol–water partition coefficient (Wildman–Crippen LogP) is 3.02. The number of pyridine rings is 1. The smallest absolute Gasteiger partial charge is 0.272 e. The van der Waals surface area contributed by atoms with Gasteiger partial charge in [-0.3, -0.25) is 29.0 Å². The summed E-state index contributed by atoms with van der Waals surface area (Å²) in [5.74, 6) is -1.71. The zero-order chi connectivity index (χ0) is 35.3. The van der Waals surface area contributed by atoms with E-state index in [1.165, 1.54) is 0 Å². The van der Waals surface area contributed by atoms with Crippen LogP contribution in [0.2, 0.25) is 0 Å². The van der Waals surface area contributed by atoms with Gasteiger partial charge in [0.05, 0.1) is 7.11 Å². The fourth-order valence-electron chi connectivity index (χ4n) is 5.45. The zero-order valence-electron chi connectivity index (χ0n) is 28.5. The molecule has 0 aliphatic carbocycles. The summed E-state index contributed by atoms with van der Waals surface area (Å²) in [6.45, 7) is 6.40. The summed E-state index contributed by atoms with van der Waals surface area (Å²) in [5, 5.41) is 11.3. The maximum atomic E-state index is 13.8. The van der Waals surface area contributed by atoms with Gasteiger partial charge in [-0.1, -0.05) is 50.6 Å². The Labute approximate surface area is 287 Å². The minimum Gasteiger partial charge on any atom is -0.497 e. The van der Waals surface area contributed by atoms with Crippen molar-refractivity contribution >= 4 is 29.5 Å². The van der Waals surface area contributed by atoms with E-state index in [1.54, 1.807) is 91.9 Å². The van der Waals surface area contributed by atoms with Gasteiger partial charge in [-0.05, 0) is 73.2 Å². The highest BCUT2D eigenvalue weighted by atomic mass is 16.5. The van der Waals surface area contributed by atoms with Crippen molar-refractivity contribution in [1.82, 2.24) is 31.2 Å². The summed E-state index contributed by atoms with van der Waals surface area (Å²) in [4.78, 5) is 73.1. The minimum atomic E-state index is -1.03.